The molecule has 132 valence electrons. The number of nitriles is 1. The first-order valence-corrected chi connectivity index (χ1v) is 8.52. The summed E-state index contributed by atoms with van der Waals surface area (Å²) < 4.78 is 5.63. The highest BCUT2D eigenvalue weighted by molar-refractivity contribution is 9.10. The van der Waals surface area contributed by atoms with Gasteiger partial charge in [0.1, 0.15) is 22.9 Å². The molecule has 0 saturated carbocycles. The number of rotatable bonds is 6. The molecule has 0 aliphatic rings. The van der Waals surface area contributed by atoms with E-state index in [1.807, 2.05) is 24.3 Å². The Morgan fingerprint density at radius 1 is 1.27 bits per heavy atom. The molecule has 1 aromatic heterocycles. The molecule has 2 aromatic rings. The zero-order valence-corrected chi connectivity index (χ0v) is 15.6. The summed E-state index contributed by atoms with van der Waals surface area (Å²) in [4.78, 5) is 27.8. The molecule has 0 fully saturated rings. The van der Waals surface area contributed by atoms with Gasteiger partial charge in [-0.25, -0.2) is 4.98 Å². The number of carbonyl (C=O) groups excluding carboxylic acids is 2. The van der Waals surface area contributed by atoms with Gasteiger partial charge in [0.05, 0.1) is 11.7 Å². The SMILES string of the molecule is CC(=O)OC[C@H](NC(=O)/C(C#N)=C/c1cccc(Br)n1)c1ccccc1. The molecule has 1 amide bonds. The predicted octanol–water partition coefficient (Wildman–Crippen LogP) is 3.17. The van der Waals surface area contributed by atoms with Gasteiger partial charge in [0.2, 0.25) is 0 Å². The first-order valence-electron chi connectivity index (χ1n) is 7.73. The minimum absolute atomic E-state index is 0.0288. The molecule has 26 heavy (non-hydrogen) atoms. The number of halogens is 1. The summed E-state index contributed by atoms with van der Waals surface area (Å²) in [7, 11) is 0. The van der Waals surface area contributed by atoms with E-state index < -0.39 is 17.9 Å². The highest BCUT2D eigenvalue weighted by Crippen LogP contribution is 2.15. The monoisotopic (exact) mass is 413 g/mol. The normalized spacial score (nSPS) is 12.0. The first kappa shape index (κ1) is 19.3. The fraction of sp³-hybridized carbons (Fsp3) is 0.158. The number of esters is 1. The summed E-state index contributed by atoms with van der Waals surface area (Å²) in [5, 5.41) is 12.1. The third kappa shape index (κ3) is 5.83. The lowest BCUT2D eigenvalue weighted by Gasteiger charge is -2.18. The van der Waals surface area contributed by atoms with E-state index in [2.05, 4.69) is 26.2 Å². The lowest BCUT2D eigenvalue weighted by Crippen LogP contribution is -2.32. The number of aromatic nitrogens is 1. The maximum Gasteiger partial charge on any atom is 0.302 e. The Hall–Kier alpha value is -2.98. The third-order valence-electron chi connectivity index (χ3n) is 3.35. The molecular weight excluding hydrogens is 398 g/mol. The molecule has 2 rings (SSSR count). The average molecular weight is 414 g/mol. The van der Waals surface area contributed by atoms with Crippen LogP contribution in [0, 0.1) is 11.3 Å². The highest BCUT2D eigenvalue weighted by atomic mass is 79.9. The first-order chi connectivity index (χ1) is 12.5. The second kappa shape index (κ2) is 9.49. The van der Waals surface area contributed by atoms with Crippen LogP contribution in [0.4, 0.5) is 0 Å². The predicted molar refractivity (Wildman–Crippen MR) is 99.5 cm³/mol. The van der Waals surface area contributed by atoms with E-state index in [-0.39, 0.29) is 12.2 Å². The van der Waals surface area contributed by atoms with Gasteiger partial charge in [0.15, 0.2) is 0 Å². The van der Waals surface area contributed by atoms with E-state index in [1.165, 1.54) is 13.0 Å². The van der Waals surface area contributed by atoms with Gasteiger partial charge < -0.3 is 10.1 Å². The number of carbonyl (C=O) groups is 2. The van der Waals surface area contributed by atoms with E-state index in [1.54, 1.807) is 30.3 Å². The van der Waals surface area contributed by atoms with Gasteiger partial charge in [-0.2, -0.15) is 5.26 Å². The molecule has 0 bridgehead atoms. The topological polar surface area (TPSA) is 92.1 Å². The average Bonchev–Trinajstić information content (AvgIpc) is 2.63. The number of amides is 1. The van der Waals surface area contributed by atoms with E-state index in [0.29, 0.717) is 10.3 Å². The summed E-state index contributed by atoms with van der Waals surface area (Å²) >= 11 is 3.24. The lowest BCUT2D eigenvalue weighted by molar-refractivity contribution is -0.142. The number of hydrogen-bond donors (Lipinski definition) is 1. The molecule has 0 spiro atoms. The van der Waals surface area contributed by atoms with Crippen molar-refractivity contribution >= 4 is 33.9 Å². The zero-order chi connectivity index (χ0) is 18.9. The van der Waals surface area contributed by atoms with Gasteiger partial charge in [-0.15, -0.1) is 0 Å². The van der Waals surface area contributed by atoms with Crippen molar-refractivity contribution in [1.82, 2.24) is 10.3 Å². The largest absolute Gasteiger partial charge is 0.463 e. The number of hydrogen-bond acceptors (Lipinski definition) is 5. The van der Waals surface area contributed by atoms with Crippen LogP contribution in [-0.4, -0.2) is 23.5 Å². The summed E-state index contributed by atoms with van der Waals surface area (Å²) in [6, 6.07) is 15.6. The molecule has 0 unspecified atom stereocenters. The third-order valence-corrected chi connectivity index (χ3v) is 3.80. The molecule has 0 radical (unpaired) electrons. The fourth-order valence-corrected chi connectivity index (χ4v) is 2.50. The Labute approximate surface area is 159 Å². The van der Waals surface area contributed by atoms with Crippen LogP contribution >= 0.6 is 15.9 Å². The smallest absolute Gasteiger partial charge is 0.302 e. The number of nitrogens with one attached hydrogen (secondary N) is 1. The molecule has 0 saturated heterocycles. The quantitative estimate of drug-likeness (QED) is 0.339. The highest BCUT2D eigenvalue weighted by Gasteiger charge is 2.19. The second-order valence-corrected chi connectivity index (χ2v) is 6.11. The van der Waals surface area contributed by atoms with E-state index in [9.17, 15) is 14.9 Å². The Kier molecular flexibility index (Phi) is 7.06. The van der Waals surface area contributed by atoms with Crippen molar-refractivity contribution in [2.24, 2.45) is 0 Å². The van der Waals surface area contributed by atoms with Crippen LogP contribution in [0.2, 0.25) is 0 Å². The van der Waals surface area contributed by atoms with Crippen molar-refractivity contribution in [1.29, 1.82) is 5.26 Å². The Morgan fingerprint density at radius 2 is 2.00 bits per heavy atom. The molecule has 1 atom stereocenters. The summed E-state index contributed by atoms with van der Waals surface area (Å²) in [6.07, 6.45) is 1.40. The maximum atomic E-state index is 12.5. The molecule has 1 heterocycles. The van der Waals surface area contributed by atoms with Crippen LogP contribution in [0.1, 0.15) is 24.2 Å². The zero-order valence-electron chi connectivity index (χ0n) is 14.0. The van der Waals surface area contributed by atoms with Crippen molar-refractivity contribution < 1.29 is 14.3 Å². The Morgan fingerprint density at radius 3 is 2.62 bits per heavy atom. The van der Waals surface area contributed by atoms with Crippen molar-refractivity contribution in [3.8, 4) is 6.07 Å². The van der Waals surface area contributed by atoms with Gasteiger partial charge >= 0.3 is 5.97 Å². The second-order valence-electron chi connectivity index (χ2n) is 5.29. The molecular formula is C19H16BrN3O3. The van der Waals surface area contributed by atoms with Gasteiger partial charge in [-0.1, -0.05) is 36.4 Å². The minimum atomic E-state index is -0.574. The van der Waals surface area contributed by atoms with Crippen molar-refractivity contribution in [3.63, 3.8) is 0 Å². The fourth-order valence-electron chi connectivity index (χ4n) is 2.14. The van der Waals surface area contributed by atoms with E-state index in [4.69, 9.17) is 4.74 Å². The van der Waals surface area contributed by atoms with Crippen LogP contribution in [-0.2, 0) is 14.3 Å². The molecule has 1 N–H and O–H groups in total. The Balaban J connectivity index is 2.21. The number of nitrogens with zero attached hydrogens (tertiary/aromatic N) is 2. The van der Waals surface area contributed by atoms with Crippen LogP contribution in [0.3, 0.4) is 0 Å². The summed E-state index contributed by atoms with van der Waals surface area (Å²) in [5.74, 6) is -1.02. The summed E-state index contributed by atoms with van der Waals surface area (Å²) in [6.45, 7) is 1.27. The molecule has 0 aliphatic heterocycles. The molecule has 7 heteroatoms. The van der Waals surface area contributed by atoms with Crippen LogP contribution in [0.15, 0.2) is 58.7 Å². The number of benzene rings is 1. The molecule has 0 aliphatic carbocycles. The lowest BCUT2D eigenvalue weighted by atomic mass is 10.1. The standard InChI is InChI=1S/C19H16BrN3O3/c1-13(24)26-12-17(14-6-3-2-4-7-14)23-19(25)15(11-21)10-16-8-5-9-18(20)22-16/h2-10,17H,12H2,1H3,(H,23,25)/b15-10+/t17-/m0/s1. The number of ether oxygens (including phenoxy) is 1. The van der Waals surface area contributed by atoms with Crippen molar-refractivity contribution in [2.45, 2.75) is 13.0 Å². The molecule has 1 aromatic carbocycles. The van der Waals surface area contributed by atoms with Gasteiger partial charge in [-0.3, -0.25) is 9.59 Å². The van der Waals surface area contributed by atoms with Crippen molar-refractivity contribution in [3.05, 3.63) is 70.0 Å². The van der Waals surface area contributed by atoms with E-state index >= 15 is 0 Å². The van der Waals surface area contributed by atoms with Crippen LogP contribution in [0.5, 0.6) is 0 Å². The Bertz CT molecular complexity index is 860. The van der Waals surface area contributed by atoms with Crippen LogP contribution in [0.25, 0.3) is 6.08 Å². The van der Waals surface area contributed by atoms with Crippen LogP contribution < -0.4 is 5.32 Å². The molecule has 6 nitrogen and oxygen atoms in total. The van der Waals surface area contributed by atoms with Gasteiger partial charge in [0, 0.05) is 6.92 Å². The number of pyridine rings is 1. The van der Waals surface area contributed by atoms with Gasteiger partial charge in [-0.05, 0) is 39.7 Å². The maximum absolute atomic E-state index is 12.5. The minimum Gasteiger partial charge on any atom is -0.463 e. The van der Waals surface area contributed by atoms with Crippen molar-refractivity contribution in [2.75, 3.05) is 6.61 Å². The summed E-state index contributed by atoms with van der Waals surface area (Å²) in [5.41, 5.74) is 1.14. The van der Waals surface area contributed by atoms with E-state index in [0.717, 1.165) is 5.56 Å². The van der Waals surface area contributed by atoms with Gasteiger partial charge in [0.25, 0.3) is 5.91 Å².